The van der Waals surface area contributed by atoms with Crippen molar-refractivity contribution in [3.63, 3.8) is 0 Å². The van der Waals surface area contributed by atoms with Gasteiger partial charge in [-0.25, -0.2) is 4.98 Å². The Morgan fingerprint density at radius 1 is 1.12 bits per heavy atom. The molecular formula is C28H33N9O5. The van der Waals surface area contributed by atoms with Crippen molar-refractivity contribution in [3.8, 4) is 11.5 Å². The number of rotatable bonds is 11. The van der Waals surface area contributed by atoms with E-state index in [0.717, 1.165) is 5.69 Å². The molecule has 0 saturated carbocycles. The predicted octanol–water partition coefficient (Wildman–Crippen LogP) is 2.43. The quantitative estimate of drug-likeness (QED) is 0.131. The molecule has 2 aromatic heterocycles. The maximum atomic E-state index is 13.3. The summed E-state index contributed by atoms with van der Waals surface area (Å²) >= 11 is 0. The SMILES string of the molecule is CCn1nc(C)cc1C(=O)Nc1nc2cc(C(N)=O)cc3c2n1[C@H](CCCNc1c(N)cc(C(N)=O)cc1OC)CO3. The molecule has 1 aliphatic heterocycles. The van der Waals surface area contributed by atoms with Crippen molar-refractivity contribution in [2.24, 2.45) is 11.5 Å². The number of amides is 3. The van der Waals surface area contributed by atoms with E-state index in [1.807, 2.05) is 18.4 Å². The topological polar surface area (TPSA) is 207 Å². The lowest BCUT2D eigenvalue weighted by Crippen LogP contribution is -2.26. The smallest absolute Gasteiger partial charge is 0.276 e. The van der Waals surface area contributed by atoms with Crippen LogP contribution in [-0.4, -0.2) is 57.3 Å². The zero-order chi connectivity index (χ0) is 30.1. The third kappa shape index (κ3) is 5.25. The maximum Gasteiger partial charge on any atom is 0.276 e. The summed E-state index contributed by atoms with van der Waals surface area (Å²) in [6.07, 6.45) is 1.32. The number of benzene rings is 2. The van der Waals surface area contributed by atoms with Crippen LogP contribution in [0.2, 0.25) is 0 Å². The molecule has 1 atom stereocenters. The minimum absolute atomic E-state index is 0.187. The Morgan fingerprint density at radius 3 is 2.55 bits per heavy atom. The van der Waals surface area contributed by atoms with Crippen molar-refractivity contribution >= 4 is 46.1 Å². The molecule has 2 aromatic carbocycles. The number of carbonyl (C=O) groups is 3. The van der Waals surface area contributed by atoms with Gasteiger partial charge in [0.05, 0.1) is 30.0 Å². The average molecular weight is 576 g/mol. The second kappa shape index (κ2) is 11.3. The summed E-state index contributed by atoms with van der Waals surface area (Å²) in [7, 11) is 1.49. The Labute approximate surface area is 241 Å². The lowest BCUT2D eigenvalue weighted by molar-refractivity contribution is 0.0991. The molecule has 3 amide bonds. The second-order valence-electron chi connectivity index (χ2n) is 9.99. The molecule has 0 bridgehead atoms. The van der Waals surface area contributed by atoms with Gasteiger partial charge in [-0.3, -0.25) is 24.4 Å². The Hall–Kier alpha value is -5.27. The zero-order valence-electron chi connectivity index (χ0n) is 23.6. The minimum Gasteiger partial charge on any atom is -0.494 e. The number of nitrogen functional groups attached to an aromatic ring is 1. The van der Waals surface area contributed by atoms with Gasteiger partial charge >= 0.3 is 0 Å². The van der Waals surface area contributed by atoms with Crippen LogP contribution in [0.5, 0.6) is 11.5 Å². The highest BCUT2D eigenvalue weighted by Crippen LogP contribution is 2.39. The third-order valence-electron chi connectivity index (χ3n) is 7.14. The second-order valence-corrected chi connectivity index (χ2v) is 9.99. The van der Waals surface area contributed by atoms with Crippen molar-refractivity contribution in [2.75, 3.05) is 36.6 Å². The van der Waals surface area contributed by atoms with Gasteiger partial charge in [-0.15, -0.1) is 0 Å². The fourth-order valence-electron chi connectivity index (χ4n) is 5.18. The van der Waals surface area contributed by atoms with E-state index in [1.165, 1.54) is 19.2 Å². The summed E-state index contributed by atoms with van der Waals surface area (Å²) in [6.45, 7) is 5.07. The van der Waals surface area contributed by atoms with Crippen LogP contribution in [0.15, 0.2) is 30.3 Å². The van der Waals surface area contributed by atoms with Gasteiger partial charge < -0.3 is 36.6 Å². The molecule has 1 aliphatic rings. The van der Waals surface area contributed by atoms with Crippen molar-refractivity contribution in [3.05, 3.63) is 52.8 Å². The van der Waals surface area contributed by atoms with Crippen LogP contribution in [0.25, 0.3) is 11.0 Å². The van der Waals surface area contributed by atoms with Crippen LogP contribution in [0, 0.1) is 6.92 Å². The Morgan fingerprint density at radius 2 is 1.86 bits per heavy atom. The molecule has 42 heavy (non-hydrogen) atoms. The fourth-order valence-corrected chi connectivity index (χ4v) is 5.18. The first kappa shape index (κ1) is 28.3. The summed E-state index contributed by atoms with van der Waals surface area (Å²) in [5.74, 6) is -0.359. The van der Waals surface area contributed by atoms with Crippen LogP contribution < -0.4 is 37.3 Å². The summed E-state index contributed by atoms with van der Waals surface area (Å²) in [4.78, 5) is 41.5. The molecule has 8 N–H and O–H groups in total. The number of primary amides is 2. The maximum absolute atomic E-state index is 13.3. The van der Waals surface area contributed by atoms with E-state index < -0.39 is 11.8 Å². The van der Waals surface area contributed by atoms with E-state index in [2.05, 4.69) is 20.7 Å². The van der Waals surface area contributed by atoms with Crippen molar-refractivity contribution in [1.82, 2.24) is 19.3 Å². The molecule has 0 unspecified atom stereocenters. The predicted molar refractivity (Wildman–Crippen MR) is 157 cm³/mol. The van der Waals surface area contributed by atoms with Gasteiger partial charge in [-0.2, -0.15) is 5.10 Å². The molecule has 5 rings (SSSR count). The number of nitrogens with zero attached hydrogens (tertiary/aromatic N) is 4. The largest absolute Gasteiger partial charge is 0.494 e. The van der Waals surface area contributed by atoms with E-state index in [4.69, 9.17) is 26.7 Å². The number of ether oxygens (including phenoxy) is 2. The number of nitrogens with one attached hydrogen (secondary N) is 2. The van der Waals surface area contributed by atoms with Crippen molar-refractivity contribution < 1.29 is 23.9 Å². The van der Waals surface area contributed by atoms with Crippen LogP contribution in [-0.2, 0) is 6.54 Å². The van der Waals surface area contributed by atoms with Gasteiger partial charge in [0.25, 0.3) is 5.91 Å². The summed E-state index contributed by atoms with van der Waals surface area (Å²) in [5.41, 5.74) is 20.8. The highest BCUT2D eigenvalue weighted by atomic mass is 16.5. The van der Waals surface area contributed by atoms with Crippen molar-refractivity contribution in [1.29, 1.82) is 0 Å². The molecule has 0 spiro atoms. The zero-order valence-corrected chi connectivity index (χ0v) is 23.6. The standard InChI is InChI=1S/C28H33N9O5/c1-4-36-20(8-14(2)35-36)27(40)34-28-33-19-10-16(26(31)39)12-22-24(19)37(28)17(13-42-22)6-5-7-32-23-18(29)9-15(25(30)38)11-21(23)41-3/h8-12,17,32H,4-7,13,29H2,1-3H3,(H2,30,38)(H2,31,39)(H,33,34,40)/t17-/m1/s1. The first-order chi connectivity index (χ1) is 20.1. The van der Waals surface area contributed by atoms with Gasteiger partial charge in [0.1, 0.15) is 35.0 Å². The first-order valence-corrected chi connectivity index (χ1v) is 13.5. The number of carbonyl (C=O) groups excluding carboxylic acids is 3. The number of imidazole rings is 1. The molecule has 4 aromatic rings. The fraction of sp³-hybridized carbons (Fsp3) is 0.321. The molecule has 0 saturated heterocycles. The van der Waals surface area contributed by atoms with Gasteiger partial charge in [0, 0.05) is 24.2 Å². The van der Waals surface area contributed by atoms with E-state index in [1.54, 1.807) is 22.9 Å². The van der Waals surface area contributed by atoms with Gasteiger partial charge in [0.15, 0.2) is 0 Å². The Kier molecular flexibility index (Phi) is 7.61. The van der Waals surface area contributed by atoms with Gasteiger partial charge in [-0.1, -0.05) is 0 Å². The molecule has 0 fully saturated rings. The molecule has 3 heterocycles. The number of anilines is 3. The van der Waals surface area contributed by atoms with Gasteiger partial charge in [-0.05, 0) is 57.0 Å². The lowest BCUT2D eigenvalue weighted by Gasteiger charge is -2.27. The van der Waals surface area contributed by atoms with Crippen LogP contribution in [0.3, 0.4) is 0 Å². The molecule has 14 nitrogen and oxygen atoms in total. The normalized spacial score (nSPS) is 13.9. The monoisotopic (exact) mass is 575 g/mol. The summed E-state index contributed by atoms with van der Waals surface area (Å²) in [5, 5.41) is 10.6. The Balaban J connectivity index is 1.40. The lowest BCUT2D eigenvalue weighted by atomic mass is 10.1. The van der Waals surface area contributed by atoms with Crippen LogP contribution >= 0.6 is 0 Å². The minimum atomic E-state index is -0.606. The van der Waals surface area contributed by atoms with Crippen molar-refractivity contribution in [2.45, 2.75) is 39.3 Å². The molecule has 0 aliphatic carbocycles. The van der Waals surface area contributed by atoms with Crippen LogP contribution in [0.4, 0.5) is 17.3 Å². The van der Waals surface area contributed by atoms with E-state index in [-0.39, 0.29) is 29.7 Å². The number of hydrogen-bond donors (Lipinski definition) is 5. The number of aryl methyl sites for hydroxylation is 2. The highest BCUT2D eigenvalue weighted by Gasteiger charge is 2.29. The molecule has 0 radical (unpaired) electrons. The molecule has 14 heteroatoms. The molecular weight excluding hydrogens is 542 g/mol. The third-order valence-corrected chi connectivity index (χ3v) is 7.14. The van der Waals surface area contributed by atoms with E-state index in [0.29, 0.717) is 71.5 Å². The Bertz CT molecular complexity index is 1710. The first-order valence-electron chi connectivity index (χ1n) is 13.5. The number of hydrogen-bond acceptors (Lipinski definition) is 9. The average Bonchev–Trinajstić information content (AvgIpc) is 3.52. The van der Waals surface area contributed by atoms with E-state index >= 15 is 0 Å². The summed E-state index contributed by atoms with van der Waals surface area (Å²) in [6, 6.07) is 7.75. The number of aromatic nitrogens is 4. The number of methoxy groups -OCH3 is 1. The van der Waals surface area contributed by atoms with Gasteiger partial charge in [0.2, 0.25) is 17.8 Å². The van der Waals surface area contributed by atoms with Crippen LogP contribution in [0.1, 0.15) is 62.7 Å². The highest BCUT2D eigenvalue weighted by molar-refractivity contribution is 6.04. The summed E-state index contributed by atoms with van der Waals surface area (Å²) < 4.78 is 15.0. The number of nitrogens with two attached hydrogens (primary N) is 3. The van der Waals surface area contributed by atoms with E-state index in [9.17, 15) is 14.4 Å². The molecule has 220 valence electrons.